The van der Waals surface area contributed by atoms with Crippen molar-refractivity contribution >= 4 is 11.7 Å². The van der Waals surface area contributed by atoms with E-state index in [4.69, 9.17) is 9.47 Å². The number of benzene rings is 2. The molecule has 0 aliphatic rings. The molecule has 10 heteroatoms. The Balaban J connectivity index is 1.94. The maximum absolute atomic E-state index is 14.8. The van der Waals surface area contributed by atoms with E-state index in [9.17, 15) is 13.6 Å². The lowest BCUT2D eigenvalue weighted by molar-refractivity contribution is -0.132. The average molecular weight is 415 g/mol. The van der Waals surface area contributed by atoms with Crippen molar-refractivity contribution in [2.24, 2.45) is 5.16 Å². The smallest absolute Gasteiger partial charge is 0.360 e. The zero-order chi connectivity index (χ0) is 21.5. The van der Waals surface area contributed by atoms with Gasteiger partial charge in [-0.1, -0.05) is 23.4 Å². The number of rotatable bonds is 7. The number of hydrogen-bond donors (Lipinski definition) is 0. The van der Waals surface area contributed by atoms with Crippen molar-refractivity contribution in [3.63, 3.8) is 0 Å². The highest BCUT2D eigenvalue weighted by Crippen LogP contribution is 2.31. The molecule has 0 spiro atoms. The van der Waals surface area contributed by atoms with Gasteiger partial charge in [-0.05, 0) is 24.3 Å². The maximum Gasteiger partial charge on any atom is 0.360 e. The van der Waals surface area contributed by atoms with Crippen molar-refractivity contribution in [2.45, 2.75) is 0 Å². The number of methoxy groups -OCH3 is 1. The highest BCUT2D eigenvalue weighted by atomic mass is 19.1. The summed E-state index contributed by atoms with van der Waals surface area (Å²) in [5.74, 6) is -3.23. The number of carbonyl (C=O) groups is 1. The van der Waals surface area contributed by atoms with Crippen LogP contribution in [0.4, 0.5) is 8.78 Å². The number of halogens is 2. The number of ether oxygens (including phenoxy) is 3. The van der Waals surface area contributed by atoms with Gasteiger partial charge in [-0.15, -0.1) is 0 Å². The van der Waals surface area contributed by atoms with E-state index in [1.165, 1.54) is 44.6 Å². The fourth-order valence-electron chi connectivity index (χ4n) is 2.36. The molecule has 0 fully saturated rings. The number of nitrogens with zero attached hydrogens (tertiary/aromatic N) is 3. The first kappa shape index (κ1) is 20.6. The Kier molecular flexibility index (Phi) is 6.48. The van der Waals surface area contributed by atoms with Gasteiger partial charge >= 0.3 is 5.97 Å². The van der Waals surface area contributed by atoms with Gasteiger partial charge in [0.25, 0.3) is 11.8 Å². The van der Waals surface area contributed by atoms with Crippen molar-refractivity contribution in [2.75, 3.05) is 14.2 Å². The fourth-order valence-corrected chi connectivity index (χ4v) is 2.36. The highest BCUT2D eigenvalue weighted by molar-refractivity contribution is 6.43. The van der Waals surface area contributed by atoms with Crippen molar-refractivity contribution in [1.82, 2.24) is 9.97 Å². The summed E-state index contributed by atoms with van der Waals surface area (Å²) in [4.78, 5) is 24.2. The molecule has 0 N–H and O–H groups in total. The van der Waals surface area contributed by atoms with Crippen LogP contribution in [-0.4, -0.2) is 35.9 Å². The number of hydrogen-bond acceptors (Lipinski definition) is 8. The molecule has 0 bridgehead atoms. The Hall–Kier alpha value is -4.08. The number of esters is 1. The van der Waals surface area contributed by atoms with E-state index in [-0.39, 0.29) is 22.8 Å². The number of carbonyl (C=O) groups excluding carboxylic acids is 1. The maximum atomic E-state index is 14.8. The molecule has 1 aromatic heterocycles. The minimum absolute atomic E-state index is 0.0409. The van der Waals surface area contributed by atoms with Gasteiger partial charge in [0, 0.05) is 6.07 Å². The van der Waals surface area contributed by atoms with E-state index in [1.807, 2.05) is 0 Å². The SMILES string of the molecule is CO/N=C(\C(=O)OC)c1ccccc1Oc1ncnc(Oc2cccc(F)c2)c1F. The molecular formula is C20H15F2N3O5. The number of para-hydroxylation sites is 1. The molecule has 0 saturated carbocycles. The standard InChI is InChI=1S/C20H15F2N3O5/c1-27-20(26)17(25-28-2)14-8-3-4-9-15(14)30-19-16(22)18(23-11-24-19)29-13-7-5-6-12(21)10-13/h3-11H,1-2H3/b25-17-. The van der Waals surface area contributed by atoms with Crippen LogP contribution in [0.2, 0.25) is 0 Å². The lowest BCUT2D eigenvalue weighted by Gasteiger charge is -2.12. The molecule has 8 nitrogen and oxygen atoms in total. The van der Waals surface area contributed by atoms with Gasteiger partial charge in [0.1, 0.15) is 30.8 Å². The Labute approximate surface area is 169 Å². The second-order valence-electron chi connectivity index (χ2n) is 5.57. The van der Waals surface area contributed by atoms with Crippen molar-refractivity contribution in [3.05, 3.63) is 72.1 Å². The Morgan fingerprint density at radius 1 is 0.967 bits per heavy atom. The molecule has 3 rings (SSSR count). The molecule has 30 heavy (non-hydrogen) atoms. The van der Waals surface area contributed by atoms with Gasteiger partial charge < -0.3 is 19.0 Å². The summed E-state index contributed by atoms with van der Waals surface area (Å²) in [6.07, 6.45) is 1.01. The second kappa shape index (κ2) is 9.41. The summed E-state index contributed by atoms with van der Waals surface area (Å²) >= 11 is 0. The molecule has 0 radical (unpaired) electrons. The first-order valence-corrected chi connectivity index (χ1v) is 8.44. The predicted molar refractivity (Wildman–Crippen MR) is 101 cm³/mol. The minimum atomic E-state index is -1.03. The fraction of sp³-hybridized carbons (Fsp3) is 0.100. The summed E-state index contributed by atoms with van der Waals surface area (Å²) < 4.78 is 43.7. The first-order chi connectivity index (χ1) is 14.5. The van der Waals surface area contributed by atoms with Crippen LogP contribution in [0.3, 0.4) is 0 Å². The van der Waals surface area contributed by atoms with Crippen LogP contribution in [0.1, 0.15) is 5.56 Å². The average Bonchev–Trinajstić information content (AvgIpc) is 2.75. The van der Waals surface area contributed by atoms with E-state index < -0.39 is 29.4 Å². The third kappa shape index (κ3) is 4.66. The van der Waals surface area contributed by atoms with Gasteiger partial charge in [0.05, 0.1) is 12.7 Å². The summed E-state index contributed by atoms with van der Waals surface area (Å²) in [6, 6.07) is 11.3. The van der Waals surface area contributed by atoms with Gasteiger partial charge in [0.2, 0.25) is 5.82 Å². The molecular weight excluding hydrogens is 400 g/mol. The van der Waals surface area contributed by atoms with Crippen LogP contribution in [0, 0.1) is 11.6 Å². The van der Waals surface area contributed by atoms with Crippen molar-refractivity contribution in [3.8, 4) is 23.3 Å². The number of aromatic nitrogens is 2. The zero-order valence-electron chi connectivity index (χ0n) is 15.8. The zero-order valence-corrected chi connectivity index (χ0v) is 15.8. The Bertz CT molecular complexity index is 1090. The third-order valence-electron chi connectivity index (χ3n) is 3.65. The Morgan fingerprint density at radius 2 is 1.70 bits per heavy atom. The van der Waals surface area contributed by atoms with E-state index in [1.54, 1.807) is 12.1 Å². The van der Waals surface area contributed by atoms with Crippen LogP contribution in [0.25, 0.3) is 0 Å². The van der Waals surface area contributed by atoms with Crippen LogP contribution in [0.5, 0.6) is 23.3 Å². The lowest BCUT2D eigenvalue weighted by Crippen LogP contribution is -2.18. The van der Waals surface area contributed by atoms with E-state index >= 15 is 0 Å². The van der Waals surface area contributed by atoms with Gasteiger partial charge in [-0.25, -0.2) is 9.18 Å². The van der Waals surface area contributed by atoms with Gasteiger partial charge in [-0.2, -0.15) is 14.4 Å². The van der Waals surface area contributed by atoms with E-state index in [2.05, 4.69) is 24.7 Å². The molecule has 154 valence electrons. The molecule has 1 heterocycles. The summed E-state index contributed by atoms with van der Waals surface area (Å²) in [6.45, 7) is 0. The van der Waals surface area contributed by atoms with E-state index in [0.717, 1.165) is 12.4 Å². The lowest BCUT2D eigenvalue weighted by atomic mass is 10.1. The monoisotopic (exact) mass is 415 g/mol. The van der Waals surface area contributed by atoms with Crippen molar-refractivity contribution in [1.29, 1.82) is 0 Å². The molecule has 0 amide bonds. The van der Waals surface area contributed by atoms with Crippen molar-refractivity contribution < 1.29 is 32.6 Å². The van der Waals surface area contributed by atoms with E-state index in [0.29, 0.717) is 0 Å². The summed E-state index contributed by atoms with van der Waals surface area (Å²) in [5, 5.41) is 3.65. The topological polar surface area (TPSA) is 92.1 Å². The quantitative estimate of drug-likeness (QED) is 0.329. The third-order valence-corrected chi connectivity index (χ3v) is 3.65. The highest BCUT2D eigenvalue weighted by Gasteiger charge is 2.22. The predicted octanol–water partition coefficient (Wildman–Crippen LogP) is 3.86. The first-order valence-electron chi connectivity index (χ1n) is 8.44. The van der Waals surface area contributed by atoms with Crippen LogP contribution < -0.4 is 9.47 Å². The normalized spacial score (nSPS) is 11.0. The molecule has 0 saturated heterocycles. The molecule has 2 aromatic carbocycles. The second-order valence-corrected chi connectivity index (χ2v) is 5.57. The molecule has 0 aliphatic heterocycles. The number of oxime groups is 1. The molecule has 0 unspecified atom stereocenters. The Morgan fingerprint density at radius 3 is 2.40 bits per heavy atom. The van der Waals surface area contributed by atoms with Crippen LogP contribution in [-0.2, 0) is 14.4 Å². The van der Waals surface area contributed by atoms with Gasteiger partial charge in [-0.3, -0.25) is 0 Å². The summed E-state index contributed by atoms with van der Waals surface area (Å²) in [7, 11) is 2.43. The minimum Gasteiger partial charge on any atom is -0.464 e. The van der Waals surface area contributed by atoms with Crippen LogP contribution in [0.15, 0.2) is 60.0 Å². The largest absolute Gasteiger partial charge is 0.464 e. The van der Waals surface area contributed by atoms with Gasteiger partial charge in [0.15, 0.2) is 5.71 Å². The van der Waals surface area contributed by atoms with Crippen LogP contribution >= 0.6 is 0 Å². The molecule has 0 atom stereocenters. The summed E-state index contributed by atoms with van der Waals surface area (Å²) in [5.41, 5.74) is -0.0156. The molecule has 3 aromatic rings. The molecule has 0 aliphatic carbocycles.